The largest absolute Gasteiger partial charge is 0.462 e. The molecule has 28 heavy (non-hydrogen) atoms. The highest BCUT2D eigenvalue weighted by Crippen LogP contribution is 2.09. The highest BCUT2D eigenvalue weighted by Gasteiger charge is 2.08. The van der Waals surface area contributed by atoms with Gasteiger partial charge in [-0.05, 0) is 49.9 Å². The van der Waals surface area contributed by atoms with E-state index in [0.717, 1.165) is 36.9 Å². The normalized spacial score (nSPS) is 10.8. The van der Waals surface area contributed by atoms with Crippen molar-refractivity contribution in [2.45, 2.75) is 32.6 Å². The number of nitrogens with zero attached hydrogens (tertiary/aromatic N) is 3. The number of nitriles is 1. The molecule has 1 aromatic heterocycles. The SMILES string of the molecule is Cc1ccccc1C(=O)OCCCCCCN/C(=N\C#N)Nc1ccncc1. The van der Waals surface area contributed by atoms with Gasteiger partial charge in [0, 0.05) is 24.6 Å². The molecule has 0 spiro atoms. The standard InChI is InChI=1S/C21H25N5O2/c1-17-8-4-5-9-19(17)20(27)28-15-7-3-2-6-12-24-21(25-16-22)26-18-10-13-23-14-11-18/h4-5,8-11,13-14H,2-3,6-7,12,15H2,1H3,(H2,23,24,25,26). The number of anilines is 1. The highest BCUT2D eigenvalue weighted by atomic mass is 16.5. The lowest BCUT2D eigenvalue weighted by Gasteiger charge is -2.10. The number of aryl methyl sites for hydroxylation is 1. The van der Waals surface area contributed by atoms with Gasteiger partial charge in [0.1, 0.15) is 0 Å². The van der Waals surface area contributed by atoms with Crippen molar-refractivity contribution in [3.63, 3.8) is 0 Å². The van der Waals surface area contributed by atoms with Crippen LogP contribution in [-0.2, 0) is 4.74 Å². The van der Waals surface area contributed by atoms with Crippen LogP contribution in [0.5, 0.6) is 0 Å². The summed E-state index contributed by atoms with van der Waals surface area (Å²) < 4.78 is 5.33. The lowest BCUT2D eigenvalue weighted by molar-refractivity contribution is 0.0497. The average Bonchev–Trinajstić information content (AvgIpc) is 2.71. The van der Waals surface area contributed by atoms with Crippen LogP contribution in [0.25, 0.3) is 0 Å². The Kier molecular flexibility index (Phi) is 9.01. The monoisotopic (exact) mass is 379 g/mol. The first kappa shape index (κ1) is 20.9. The molecule has 0 radical (unpaired) electrons. The molecule has 7 nitrogen and oxygen atoms in total. The molecule has 2 aromatic rings. The molecule has 0 aliphatic carbocycles. The number of benzene rings is 1. The summed E-state index contributed by atoms with van der Waals surface area (Å²) in [5, 5.41) is 14.9. The van der Waals surface area contributed by atoms with Gasteiger partial charge in [0.15, 0.2) is 0 Å². The summed E-state index contributed by atoms with van der Waals surface area (Å²) >= 11 is 0. The second-order valence-corrected chi connectivity index (χ2v) is 6.21. The molecule has 0 saturated heterocycles. The Bertz CT molecular complexity index is 815. The molecule has 0 atom stereocenters. The van der Waals surface area contributed by atoms with Gasteiger partial charge in [-0.1, -0.05) is 24.6 Å². The number of nitrogens with one attached hydrogen (secondary N) is 2. The van der Waals surface area contributed by atoms with Gasteiger partial charge < -0.3 is 15.4 Å². The first-order valence-electron chi connectivity index (χ1n) is 9.31. The Morgan fingerprint density at radius 1 is 1.14 bits per heavy atom. The predicted octanol–water partition coefficient (Wildman–Crippen LogP) is 3.65. The average molecular weight is 379 g/mol. The number of pyridine rings is 1. The quantitative estimate of drug-likeness (QED) is 0.227. The molecule has 0 aliphatic rings. The summed E-state index contributed by atoms with van der Waals surface area (Å²) in [7, 11) is 0. The number of carbonyl (C=O) groups is 1. The zero-order valence-electron chi connectivity index (χ0n) is 16.0. The Morgan fingerprint density at radius 2 is 1.89 bits per heavy atom. The van der Waals surface area contributed by atoms with Crippen LogP contribution >= 0.6 is 0 Å². The van der Waals surface area contributed by atoms with E-state index in [-0.39, 0.29) is 5.97 Å². The number of unbranched alkanes of at least 4 members (excludes halogenated alkanes) is 3. The van der Waals surface area contributed by atoms with E-state index < -0.39 is 0 Å². The van der Waals surface area contributed by atoms with E-state index in [0.29, 0.717) is 24.7 Å². The van der Waals surface area contributed by atoms with E-state index in [4.69, 9.17) is 10.00 Å². The first-order chi connectivity index (χ1) is 13.7. The van der Waals surface area contributed by atoms with Crippen LogP contribution < -0.4 is 10.6 Å². The minimum absolute atomic E-state index is 0.265. The van der Waals surface area contributed by atoms with Crippen molar-refractivity contribution in [3.8, 4) is 6.19 Å². The van der Waals surface area contributed by atoms with Crippen molar-refractivity contribution < 1.29 is 9.53 Å². The van der Waals surface area contributed by atoms with Gasteiger partial charge in [0.25, 0.3) is 0 Å². The number of ether oxygens (including phenoxy) is 1. The van der Waals surface area contributed by atoms with Crippen LogP contribution in [0.4, 0.5) is 5.69 Å². The van der Waals surface area contributed by atoms with Gasteiger partial charge in [-0.2, -0.15) is 5.26 Å². The zero-order valence-corrected chi connectivity index (χ0v) is 16.0. The van der Waals surface area contributed by atoms with Crippen LogP contribution in [0, 0.1) is 18.4 Å². The summed E-state index contributed by atoms with van der Waals surface area (Å²) in [6.45, 7) is 3.02. The second kappa shape index (κ2) is 12.1. The van der Waals surface area contributed by atoms with Gasteiger partial charge in [0.2, 0.25) is 12.2 Å². The number of guanidine groups is 1. The van der Waals surface area contributed by atoms with Crippen molar-refractivity contribution in [3.05, 3.63) is 59.9 Å². The van der Waals surface area contributed by atoms with Gasteiger partial charge in [-0.3, -0.25) is 4.98 Å². The molecule has 2 N–H and O–H groups in total. The van der Waals surface area contributed by atoms with Crippen molar-refractivity contribution in [2.24, 2.45) is 4.99 Å². The maximum atomic E-state index is 12.0. The lowest BCUT2D eigenvalue weighted by atomic mass is 10.1. The minimum Gasteiger partial charge on any atom is -0.462 e. The van der Waals surface area contributed by atoms with Crippen LogP contribution in [0.2, 0.25) is 0 Å². The molecule has 0 bridgehead atoms. The Morgan fingerprint density at radius 3 is 2.64 bits per heavy atom. The van der Waals surface area contributed by atoms with Crippen LogP contribution in [-0.4, -0.2) is 30.1 Å². The Hall–Kier alpha value is -3.40. The van der Waals surface area contributed by atoms with E-state index in [1.54, 1.807) is 36.8 Å². The van der Waals surface area contributed by atoms with E-state index in [1.807, 2.05) is 25.1 Å². The minimum atomic E-state index is -0.265. The maximum Gasteiger partial charge on any atom is 0.338 e. The number of esters is 1. The van der Waals surface area contributed by atoms with E-state index >= 15 is 0 Å². The molecular formula is C21H25N5O2. The summed E-state index contributed by atoms with van der Waals surface area (Å²) in [5.74, 6) is 0.153. The number of rotatable bonds is 9. The number of hydrogen-bond acceptors (Lipinski definition) is 5. The predicted molar refractivity (Wildman–Crippen MR) is 109 cm³/mol. The molecule has 146 valence electrons. The highest BCUT2D eigenvalue weighted by molar-refractivity contribution is 5.94. The molecular weight excluding hydrogens is 354 g/mol. The van der Waals surface area contributed by atoms with Gasteiger partial charge in [-0.25, -0.2) is 4.79 Å². The van der Waals surface area contributed by atoms with Gasteiger partial charge in [0.05, 0.1) is 12.2 Å². The van der Waals surface area contributed by atoms with Crippen molar-refractivity contribution in [2.75, 3.05) is 18.5 Å². The Labute approximate surface area is 165 Å². The van der Waals surface area contributed by atoms with Crippen LogP contribution in [0.1, 0.15) is 41.6 Å². The molecule has 0 unspecified atom stereocenters. The van der Waals surface area contributed by atoms with Crippen molar-refractivity contribution >= 4 is 17.6 Å². The van der Waals surface area contributed by atoms with Crippen molar-refractivity contribution in [1.29, 1.82) is 5.26 Å². The summed E-state index contributed by atoms with van der Waals surface area (Å²) in [6, 6.07) is 11.0. The van der Waals surface area contributed by atoms with E-state index in [2.05, 4.69) is 20.6 Å². The molecule has 0 aliphatic heterocycles. The third-order valence-corrected chi connectivity index (χ3v) is 4.07. The zero-order chi connectivity index (χ0) is 20.0. The van der Waals surface area contributed by atoms with Gasteiger partial charge >= 0.3 is 5.97 Å². The number of carbonyl (C=O) groups excluding carboxylic acids is 1. The summed E-state index contributed by atoms with van der Waals surface area (Å²) in [6.07, 6.45) is 8.82. The summed E-state index contributed by atoms with van der Waals surface area (Å²) in [5.41, 5.74) is 2.36. The topological polar surface area (TPSA) is 99.4 Å². The van der Waals surface area contributed by atoms with E-state index in [1.165, 1.54) is 0 Å². The molecule has 7 heteroatoms. The number of aromatic nitrogens is 1. The summed E-state index contributed by atoms with van der Waals surface area (Å²) in [4.78, 5) is 19.7. The Balaban J connectivity index is 1.57. The van der Waals surface area contributed by atoms with Crippen LogP contribution in [0.3, 0.4) is 0 Å². The molecule has 2 rings (SSSR count). The fraction of sp³-hybridized carbons (Fsp3) is 0.333. The lowest BCUT2D eigenvalue weighted by Crippen LogP contribution is -2.31. The van der Waals surface area contributed by atoms with Gasteiger partial charge in [-0.15, -0.1) is 4.99 Å². The fourth-order valence-electron chi connectivity index (χ4n) is 2.57. The first-order valence-corrected chi connectivity index (χ1v) is 9.31. The van der Waals surface area contributed by atoms with E-state index in [9.17, 15) is 4.79 Å². The van der Waals surface area contributed by atoms with Crippen molar-refractivity contribution in [1.82, 2.24) is 10.3 Å². The molecule has 0 fully saturated rings. The molecule has 0 saturated carbocycles. The second-order valence-electron chi connectivity index (χ2n) is 6.21. The smallest absolute Gasteiger partial charge is 0.338 e. The third kappa shape index (κ3) is 7.46. The number of hydrogen-bond donors (Lipinski definition) is 2. The molecule has 0 amide bonds. The third-order valence-electron chi connectivity index (χ3n) is 4.07. The molecule has 1 heterocycles. The fourth-order valence-corrected chi connectivity index (χ4v) is 2.57. The molecule has 1 aromatic carbocycles. The number of aliphatic imine (C=N–C) groups is 1. The maximum absolute atomic E-state index is 12.0. The van der Waals surface area contributed by atoms with Crippen LogP contribution in [0.15, 0.2) is 53.8 Å².